The van der Waals surface area contributed by atoms with Crippen molar-refractivity contribution in [3.05, 3.63) is 184 Å². The van der Waals surface area contributed by atoms with Crippen molar-refractivity contribution in [3.8, 4) is 22.7 Å². The summed E-state index contributed by atoms with van der Waals surface area (Å²) < 4.78 is 70.5. The van der Waals surface area contributed by atoms with Crippen LogP contribution < -0.4 is 11.1 Å². The lowest BCUT2D eigenvalue weighted by atomic mass is 10.1. The summed E-state index contributed by atoms with van der Waals surface area (Å²) in [4.78, 5) is 58.5. The smallest absolute Gasteiger partial charge is 0.255 e. The molecule has 0 saturated heterocycles. The Morgan fingerprint density at radius 2 is 1.00 bits per heavy atom. The summed E-state index contributed by atoms with van der Waals surface area (Å²) in [5.41, 5.74) is 2.41. The zero-order valence-electron chi connectivity index (χ0n) is 34.1. The molecule has 0 radical (unpaired) electrons. The maximum absolute atomic E-state index is 13.5. The summed E-state index contributed by atoms with van der Waals surface area (Å²) >= 11 is 14.2. The van der Waals surface area contributed by atoms with Crippen LogP contribution in [0.5, 0.6) is 0 Å². The minimum absolute atomic E-state index is 0.0273. The summed E-state index contributed by atoms with van der Waals surface area (Å²) in [5, 5.41) is 0.182. The zero-order chi connectivity index (χ0) is 46.6. The second-order valence-corrected chi connectivity index (χ2v) is 20.8. The second-order valence-electron chi connectivity index (χ2n) is 14.2. The van der Waals surface area contributed by atoms with Crippen LogP contribution in [0.4, 0.5) is 8.78 Å². The number of thiophene rings is 2. The molecule has 0 aliphatic heterocycles. The molecule has 0 N–H and O–H groups in total. The molecule has 334 valence electrons. The standard InChI is InChI=1S/C22H17ClFN3O4S2.C22H17ClFN3O3S2/c1-33(30,31)22-25-15(3-8-18(28)19-9-10-20(23)32-19)13-27(22)17-6-4-16(5-7-17)26-12-14(24)2-11-21(26)29;1-32(30)22-25-15(3-8-18(28)19-9-10-20(23)31-19)13-27(22)17-6-4-16(5-7-17)26-12-14(24)2-11-21(26)29/h2,4-7,9-13H,3,8H2,1H3;2,4-7,9-13H,3,8H2,1H3. The molecule has 21 heteroatoms. The predicted octanol–water partition coefficient (Wildman–Crippen LogP) is 8.53. The average molecular weight is 996 g/mol. The van der Waals surface area contributed by atoms with Gasteiger partial charge in [0.2, 0.25) is 20.2 Å². The molecule has 0 amide bonds. The van der Waals surface area contributed by atoms with Gasteiger partial charge in [-0.25, -0.2) is 27.2 Å². The first-order chi connectivity index (χ1) is 30.9. The number of pyridine rings is 2. The fourth-order valence-electron chi connectivity index (χ4n) is 6.43. The third-order valence-corrected chi connectivity index (χ3v) is 13.8. The number of nitrogens with zero attached hydrogens (tertiary/aromatic N) is 6. The number of Topliss-reactive ketones (excluding diaryl/α,β-unsaturated/α-hetero) is 2. The van der Waals surface area contributed by atoms with E-state index in [4.69, 9.17) is 23.2 Å². The lowest BCUT2D eigenvalue weighted by molar-refractivity contribution is 0.0978. The Balaban J connectivity index is 0.000000194. The normalized spacial score (nSPS) is 11.8. The summed E-state index contributed by atoms with van der Waals surface area (Å²) in [6, 6.07) is 24.3. The summed E-state index contributed by atoms with van der Waals surface area (Å²) in [6.07, 6.45) is 9.14. The number of carbonyl (C=O) groups excluding carboxylic acids is 2. The summed E-state index contributed by atoms with van der Waals surface area (Å²) in [5.74, 6) is -1.21. The second kappa shape index (κ2) is 20.1. The number of benzene rings is 2. The van der Waals surface area contributed by atoms with Crippen molar-refractivity contribution < 1.29 is 31.0 Å². The van der Waals surface area contributed by atoms with Crippen molar-refractivity contribution >= 4 is 78.1 Å². The van der Waals surface area contributed by atoms with E-state index >= 15 is 0 Å². The number of sulfone groups is 1. The maximum atomic E-state index is 13.5. The van der Waals surface area contributed by atoms with Gasteiger partial charge in [0.25, 0.3) is 11.1 Å². The van der Waals surface area contributed by atoms with Crippen LogP contribution in [0.2, 0.25) is 8.67 Å². The van der Waals surface area contributed by atoms with E-state index in [1.165, 1.54) is 38.1 Å². The molecule has 0 spiro atoms. The number of carbonyl (C=O) groups is 2. The molecule has 65 heavy (non-hydrogen) atoms. The van der Waals surface area contributed by atoms with E-state index < -0.39 is 37.8 Å². The molecular weight excluding hydrogens is 962 g/mol. The van der Waals surface area contributed by atoms with Crippen LogP contribution in [0.3, 0.4) is 0 Å². The number of ketones is 2. The van der Waals surface area contributed by atoms with Gasteiger partial charge in [0.05, 0.1) is 40.6 Å². The van der Waals surface area contributed by atoms with Gasteiger partial charge in [-0.05, 0) is 97.8 Å². The predicted molar refractivity (Wildman–Crippen MR) is 248 cm³/mol. The van der Waals surface area contributed by atoms with E-state index in [2.05, 4.69) is 9.97 Å². The van der Waals surface area contributed by atoms with Crippen LogP contribution >= 0.6 is 45.9 Å². The molecule has 6 aromatic heterocycles. The monoisotopic (exact) mass is 994 g/mol. The third kappa shape index (κ3) is 11.5. The number of aryl methyl sites for hydroxylation is 2. The molecule has 0 bridgehead atoms. The Kier molecular flexibility index (Phi) is 14.5. The fourth-order valence-corrected chi connectivity index (χ4v) is 9.93. The van der Waals surface area contributed by atoms with Crippen molar-refractivity contribution in [1.29, 1.82) is 0 Å². The van der Waals surface area contributed by atoms with Crippen LogP contribution in [-0.2, 0) is 33.5 Å². The lowest BCUT2D eigenvalue weighted by Crippen LogP contribution is -2.16. The number of halogens is 4. The first-order valence-corrected chi connectivity index (χ1v) is 25.0. The molecule has 13 nitrogen and oxygen atoms in total. The zero-order valence-corrected chi connectivity index (χ0v) is 38.8. The number of hydrogen-bond donors (Lipinski definition) is 0. The average Bonchev–Trinajstić information content (AvgIpc) is 4.11. The third-order valence-electron chi connectivity index (χ3n) is 9.51. The molecule has 8 aromatic rings. The minimum Gasteiger partial charge on any atom is -0.293 e. The van der Waals surface area contributed by atoms with Crippen LogP contribution in [-0.4, -0.2) is 64.9 Å². The topological polar surface area (TPSA) is 165 Å². The molecule has 1 atom stereocenters. The molecular formula is C44H34Cl2F2N6O7S4. The fraction of sp³-hybridized carbons (Fsp3) is 0.136. The van der Waals surface area contributed by atoms with E-state index in [1.54, 1.807) is 89.8 Å². The van der Waals surface area contributed by atoms with Crippen molar-refractivity contribution in [1.82, 2.24) is 28.2 Å². The molecule has 8 rings (SSSR count). The van der Waals surface area contributed by atoms with Gasteiger partial charge in [0.1, 0.15) is 11.6 Å². The Hall–Kier alpha value is -5.96. The minimum atomic E-state index is -3.68. The van der Waals surface area contributed by atoms with Gasteiger partial charge in [0.15, 0.2) is 11.6 Å². The van der Waals surface area contributed by atoms with E-state index in [1.807, 2.05) is 0 Å². The molecule has 0 aliphatic rings. The van der Waals surface area contributed by atoms with Crippen LogP contribution in [0, 0.1) is 11.6 Å². The van der Waals surface area contributed by atoms with Crippen LogP contribution in [0.25, 0.3) is 22.7 Å². The molecule has 1 unspecified atom stereocenters. The van der Waals surface area contributed by atoms with Gasteiger partial charge in [-0.3, -0.25) is 41.7 Å². The lowest BCUT2D eigenvalue weighted by Gasteiger charge is -2.09. The first kappa shape index (κ1) is 47.0. The highest BCUT2D eigenvalue weighted by molar-refractivity contribution is 7.90. The highest BCUT2D eigenvalue weighted by Crippen LogP contribution is 2.26. The van der Waals surface area contributed by atoms with E-state index in [0.29, 0.717) is 64.1 Å². The molecule has 0 fully saturated rings. The molecule has 2 aromatic carbocycles. The van der Waals surface area contributed by atoms with Gasteiger partial charge >= 0.3 is 0 Å². The van der Waals surface area contributed by atoms with Gasteiger partial charge in [-0.2, -0.15) is 0 Å². The van der Waals surface area contributed by atoms with Gasteiger partial charge in [0, 0.05) is 85.0 Å². The summed E-state index contributed by atoms with van der Waals surface area (Å²) in [7, 11) is -5.04. The Bertz CT molecular complexity index is 3320. The van der Waals surface area contributed by atoms with Crippen molar-refractivity contribution in [2.24, 2.45) is 0 Å². The van der Waals surface area contributed by atoms with Gasteiger partial charge in [-0.15, -0.1) is 22.7 Å². The van der Waals surface area contributed by atoms with Crippen molar-refractivity contribution in [3.63, 3.8) is 0 Å². The van der Waals surface area contributed by atoms with Crippen molar-refractivity contribution in [2.75, 3.05) is 12.5 Å². The largest absolute Gasteiger partial charge is 0.293 e. The van der Waals surface area contributed by atoms with E-state index in [0.717, 1.165) is 47.5 Å². The Labute approximate surface area is 390 Å². The quantitative estimate of drug-likeness (QED) is 0.0972. The maximum Gasteiger partial charge on any atom is 0.255 e. The highest BCUT2D eigenvalue weighted by atomic mass is 35.5. The Morgan fingerprint density at radius 1 is 0.600 bits per heavy atom. The van der Waals surface area contributed by atoms with E-state index in [9.17, 15) is 40.6 Å². The van der Waals surface area contributed by atoms with Crippen LogP contribution in [0.15, 0.2) is 142 Å². The number of aromatic nitrogens is 6. The molecule has 0 saturated carbocycles. The van der Waals surface area contributed by atoms with Crippen LogP contribution in [0.1, 0.15) is 43.6 Å². The van der Waals surface area contributed by atoms with Gasteiger partial charge in [-0.1, -0.05) is 23.2 Å². The SMILES string of the molecule is CS(=O)(=O)c1nc(CCC(=O)c2ccc(Cl)s2)cn1-c1ccc(-n2cc(F)ccc2=O)cc1.CS(=O)c1nc(CCC(=O)c2ccc(Cl)s2)cn1-c1ccc(-n2cc(F)ccc2=O)cc1. The molecule has 0 aliphatic carbocycles. The van der Waals surface area contributed by atoms with E-state index in [-0.39, 0.29) is 41.5 Å². The number of hydrogen-bond acceptors (Lipinski definition) is 11. The number of rotatable bonds is 14. The first-order valence-electron chi connectivity index (χ1n) is 19.2. The summed E-state index contributed by atoms with van der Waals surface area (Å²) in [6.45, 7) is 0. The molecule has 6 heterocycles. The van der Waals surface area contributed by atoms with Gasteiger partial charge < -0.3 is 0 Å². The Morgan fingerprint density at radius 3 is 1.40 bits per heavy atom. The van der Waals surface area contributed by atoms with Crippen molar-refractivity contribution in [2.45, 2.75) is 36.0 Å². The number of imidazole rings is 2. The highest BCUT2D eigenvalue weighted by Gasteiger charge is 2.21.